The molecule has 1 rings (SSSR count). The number of carboxylic acids is 1. The van der Waals surface area contributed by atoms with Gasteiger partial charge < -0.3 is 9.84 Å². The normalized spacial score (nSPS) is 12.8. The van der Waals surface area contributed by atoms with E-state index in [0.717, 1.165) is 11.1 Å². The van der Waals surface area contributed by atoms with Crippen LogP contribution in [0.15, 0.2) is 18.2 Å². The van der Waals surface area contributed by atoms with Gasteiger partial charge in [0.2, 0.25) is 0 Å². The number of carboxylic acid groups (broad SMARTS) is 1. The lowest BCUT2D eigenvalue weighted by Gasteiger charge is -2.20. The quantitative estimate of drug-likeness (QED) is 0.867. The number of hydrogen-bond acceptors (Lipinski definition) is 2. The van der Waals surface area contributed by atoms with Crippen molar-refractivity contribution < 1.29 is 14.6 Å². The van der Waals surface area contributed by atoms with Gasteiger partial charge in [-0.2, -0.15) is 0 Å². The molecule has 0 aliphatic heterocycles. The van der Waals surface area contributed by atoms with Gasteiger partial charge in [0.1, 0.15) is 5.75 Å². The minimum absolute atomic E-state index is 0.0290. The van der Waals surface area contributed by atoms with Crippen LogP contribution in [0.1, 0.15) is 50.7 Å². The highest BCUT2D eigenvalue weighted by atomic mass is 16.5. The fourth-order valence-corrected chi connectivity index (χ4v) is 2.12. The van der Waals surface area contributed by atoms with Crippen LogP contribution >= 0.6 is 0 Å². The van der Waals surface area contributed by atoms with Gasteiger partial charge >= 0.3 is 5.97 Å². The zero-order chi connectivity index (χ0) is 13.9. The van der Waals surface area contributed by atoms with Gasteiger partial charge in [0.15, 0.2) is 0 Å². The van der Waals surface area contributed by atoms with Crippen LogP contribution in [0.5, 0.6) is 5.75 Å². The molecular weight excluding hydrogens is 228 g/mol. The van der Waals surface area contributed by atoms with Crippen molar-refractivity contribution in [2.75, 3.05) is 7.11 Å². The van der Waals surface area contributed by atoms with Crippen LogP contribution in [0.3, 0.4) is 0 Å². The molecule has 100 valence electrons. The Bertz CT molecular complexity index is 422. The van der Waals surface area contributed by atoms with E-state index in [9.17, 15) is 9.90 Å². The highest BCUT2D eigenvalue weighted by Gasteiger charge is 2.26. The third-order valence-corrected chi connectivity index (χ3v) is 3.19. The van der Waals surface area contributed by atoms with E-state index in [2.05, 4.69) is 13.8 Å². The predicted molar refractivity (Wildman–Crippen MR) is 72.3 cm³/mol. The molecule has 0 aliphatic rings. The van der Waals surface area contributed by atoms with Crippen LogP contribution in [0.2, 0.25) is 0 Å². The molecule has 0 heterocycles. The molecule has 1 unspecified atom stereocenters. The lowest BCUT2D eigenvalue weighted by Crippen LogP contribution is -2.18. The van der Waals surface area contributed by atoms with Gasteiger partial charge in [-0.1, -0.05) is 39.8 Å². The number of ether oxygens (including phenoxy) is 1. The molecule has 0 aliphatic carbocycles. The van der Waals surface area contributed by atoms with E-state index in [1.807, 2.05) is 32.0 Å². The molecule has 0 fully saturated rings. The summed E-state index contributed by atoms with van der Waals surface area (Å²) in [6, 6.07) is 5.81. The van der Waals surface area contributed by atoms with Gasteiger partial charge in [-0.15, -0.1) is 0 Å². The molecule has 3 heteroatoms. The Morgan fingerprint density at radius 3 is 2.22 bits per heavy atom. The smallest absolute Gasteiger partial charge is 0.311 e. The molecule has 0 saturated carbocycles. The first-order chi connectivity index (χ1) is 8.38. The Morgan fingerprint density at radius 1 is 1.22 bits per heavy atom. The summed E-state index contributed by atoms with van der Waals surface area (Å²) in [5.41, 5.74) is 1.91. The first kappa shape index (κ1) is 14.6. The third kappa shape index (κ3) is 3.03. The summed E-state index contributed by atoms with van der Waals surface area (Å²) in [7, 11) is 1.59. The van der Waals surface area contributed by atoms with E-state index in [4.69, 9.17) is 4.74 Å². The fourth-order valence-electron chi connectivity index (χ4n) is 2.12. The van der Waals surface area contributed by atoms with Crippen molar-refractivity contribution in [3.05, 3.63) is 29.3 Å². The van der Waals surface area contributed by atoms with E-state index in [0.29, 0.717) is 11.7 Å². The van der Waals surface area contributed by atoms with E-state index >= 15 is 0 Å². The lowest BCUT2D eigenvalue weighted by atomic mass is 9.86. The molecule has 1 aromatic carbocycles. The fraction of sp³-hybridized carbons (Fsp3) is 0.533. The van der Waals surface area contributed by atoms with Gasteiger partial charge in [-0.25, -0.2) is 0 Å². The second-order valence-corrected chi connectivity index (χ2v) is 5.22. The van der Waals surface area contributed by atoms with Crippen LogP contribution < -0.4 is 4.74 Å². The standard InChI is InChI=1S/C15H22O3/c1-9(2)11-6-7-12(13(8-11)18-5)14(10(3)4)15(16)17/h6-10,14H,1-5H3,(H,16,17). The number of benzene rings is 1. The number of methoxy groups -OCH3 is 1. The monoisotopic (exact) mass is 250 g/mol. The van der Waals surface area contributed by atoms with Gasteiger partial charge in [0.25, 0.3) is 0 Å². The molecule has 0 amide bonds. The number of carbonyl (C=O) groups is 1. The summed E-state index contributed by atoms with van der Waals surface area (Å²) < 4.78 is 5.35. The summed E-state index contributed by atoms with van der Waals surface area (Å²) in [4.78, 5) is 11.4. The second-order valence-electron chi connectivity index (χ2n) is 5.22. The van der Waals surface area contributed by atoms with Crippen molar-refractivity contribution in [3.63, 3.8) is 0 Å². The van der Waals surface area contributed by atoms with Crippen LogP contribution in [0, 0.1) is 5.92 Å². The van der Waals surface area contributed by atoms with Gasteiger partial charge in [0, 0.05) is 5.56 Å². The molecule has 0 radical (unpaired) electrons. The Morgan fingerprint density at radius 2 is 1.83 bits per heavy atom. The van der Waals surface area contributed by atoms with Crippen LogP contribution in [0.4, 0.5) is 0 Å². The van der Waals surface area contributed by atoms with E-state index in [1.165, 1.54) is 0 Å². The first-order valence-corrected chi connectivity index (χ1v) is 6.29. The highest BCUT2D eigenvalue weighted by molar-refractivity contribution is 5.77. The van der Waals surface area contributed by atoms with Gasteiger partial charge in [-0.3, -0.25) is 4.79 Å². The zero-order valence-corrected chi connectivity index (χ0v) is 11.7. The molecule has 0 aromatic heterocycles. The van der Waals surface area contributed by atoms with Crippen molar-refractivity contribution in [3.8, 4) is 5.75 Å². The first-order valence-electron chi connectivity index (χ1n) is 6.29. The van der Waals surface area contributed by atoms with Crippen molar-refractivity contribution in [2.45, 2.75) is 39.5 Å². The molecule has 18 heavy (non-hydrogen) atoms. The van der Waals surface area contributed by atoms with E-state index < -0.39 is 11.9 Å². The molecule has 0 spiro atoms. The Hall–Kier alpha value is -1.51. The summed E-state index contributed by atoms with van der Waals surface area (Å²) >= 11 is 0. The highest BCUT2D eigenvalue weighted by Crippen LogP contribution is 2.34. The number of hydrogen-bond donors (Lipinski definition) is 1. The largest absolute Gasteiger partial charge is 0.496 e. The number of aliphatic carboxylic acids is 1. The average Bonchev–Trinajstić information content (AvgIpc) is 2.28. The summed E-state index contributed by atoms with van der Waals surface area (Å²) in [6.07, 6.45) is 0. The van der Waals surface area contributed by atoms with Crippen LogP contribution in [-0.2, 0) is 4.79 Å². The molecule has 1 N–H and O–H groups in total. The topological polar surface area (TPSA) is 46.5 Å². The maximum atomic E-state index is 11.4. The van der Waals surface area contributed by atoms with Gasteiger partial charge in [-0.05, 0) is 23.5 Å². The van der Waals surface area contributed by atoms with Gasteiger partial charge in [0.05, 0.1) is 13.0 Å². The minimum Gasteiger partial charge on any atom is -0.496 e. The van der Waals surface area contributed by atoms with Crippen LogP contribution in [-0.4, -0.2) is 18.2 Å². The molecule has 1 atom stereocenters. The second kappa shape index (κ2) is 5.89. The Labute approximate surface area is 109 Å². The predicted octanol–water partition coefficient (Wildman–Crippen LogP) is 3.64. The van der Waals surface area contributed by atoms with Crippen molar-refractivity contribution in [1.29, 1.82) is 0 Å². The average molecular weight is 250 g/mol. The lowest BCUT2D eigenvalue weighted by molar-refractivity contribution is -0.139. The zero-order valence-electron chi connectivity index (χ0n) is 11.7. The maximum absolute atomic E-state index is 11.4. The van der Waals surface area contributed by atoms with Crippen molar-refractivity contribution >= 4 is 5.97 Å². The summed E-state index contributed by atoms with van der Waals surface area (Å²) in [6.45, 7) is 8.03. The third-order valence-electron chi connectivity index (χ3n) is 3.19. The SMILES string of the molecule is COc1cc(C(C)C)ccc1C(C(=O)O)C(C)C. The maximum Gasteiger partial charge on any atom is 0.311 e. The molecule has 0 saturated heterocycles. The van der Waals surface area contributed by atoms with Crippen LogP contribution in [0.25, 0.3) is 0 Å². The minimum atomic E-state index is -0.805. The van der Waals surface area contributed by atoms with Crippen molar-refractivity contribution in [1.82, 2.24) is 0 Å². The number of rotatable bonds is 5. The molecular formula is C15H22O3. The van der Waals surface area contributed by atoms with Crippen molar-refractivity contribution in [2.24, 2.45) is 5.92 Å². The van der Waals surface area contributed by atoms with E-state index in [1.54, 1.807) is 7.11 Å². The Balaban J connectivity index is 3.27. The summed E-state index contributed by atoms with van der Waals surface area (Å²) in [5.74, 6) is -0.236. The molecule has 3 nitrogen and oxygen atoms in total. The molecule has 1 aromatic rings. The molecule has 0 bridgehead atoms. The Kier molecular flexibility index (Phi) is 4.76. The van der Waals surface area contributed by atoms with E-state index in [-0.39, 0.29) is 5.92 Å². The summed E-state index contributed by atoms with van der Waals surface area (Å²) in [5, 5.41) is 9.34.